The third kappa shape index (κ3) is 15.0. The van der Waals surface area contributed by atoms with Crippen molar-refractivity contribution in [3.05, 3.63) is 12.2 Å². The predicted octanol–water partition coefficient (Wildman–Crippen LogP) is 6.46. The van der Waals surface area contributed by atoms with Crippen molar-refractivity contribution in [2.75, 3.05) is 14.1 Å². The van der Waals surface area contributed by atoms with Gasteiger partial charge < -0.3 is 5.11 Å². The highest BCUT2D eigenvalue weighted by Gasteiger charge is 2.26. The molecule has 0 aliphatic rings. The monoisotopic (exact) mass is 361 g/mol. The van der Waals surface area contributed by atoms with Gasteiger partial charge in [-0.25, -0.2) is 4.79 Å². The van der Waals surface area contributed by atoms with Gasteiger partial charge in [-0.2, -0.15) is 0 Å². The molecule has 0 aliphatic heterocycles. The molecule has 1 atom stereocenters. The van der Waals surface area contributed by atoms with Gasteiger partial charge in [0.2, 0.25) is 0 Å². The Morgan fingerprint density at radius 2 is 1.38 bits per heavy atom. The van der Waals surface area contributed by atoms with E-state index in [0.717, 1.165) is 12.8 Å². The van der Waals surface area contributed by atoms with Gasteiger partial charge in [0.05, 0.1) is 5.00 Å². The second-order valence-corrected chi connectivity index (χ2v) is 7.53. The van der Waals surface area contributed by atoms with Crippen LogP contribution in [0.15, 0.2) is 12.2 Å². The van der Waals surface area contributed by atoms with E-state index in [4.69, 9.17) is 16.7 Å². The summed E-state index contributed by atoms with van der Waals surface area (Å²) in [6.45, 7) is 9.06. The number of carboxylic acids is 1. The van der Waals surface area contributed by atoms with Gasteiger partial charge in [-0.3, -0.25) is 4.90 Å². The van der Waals surface area contributed by atoms with Crippen LogP contribution in [0, 0.1) is 0 Å². The summed E-state index contributed by atoms with van der Waals surface area (Å²) in [6.07, 6.45) is 14.6. The zero-order valence-electron chi connectivity index (χ0n) is 16.7. The summed E-state index contributed by atoms with van der Waals surface area (Å²) < 4.78 is 0. The zero-order valence-corrected chi connectivity index (χ0v) is 17.4. The fourth-order valence-corrected chi connectivity index (χ4v) is 2.56. The van der Waals surface area contributed by atoms with Gasteiger partial charge in [-0.1, -0.05) is 78.2 Å². The topological polar surface area (TPSA) is 40.5 Å². The smallest absolute Gasteiger partial charge is 0.330 e. The molecule has 4 heteroatoms. The molecule has 0 amide bonds. The molecule has 1 unspecified atom stereocenters. The molecule has 0 aromatic rings. The van der Waals surface area contributed by atoms with Crippen molar-refractivity contribution in [1.82, 2.24) is 4.90 Å². The lowest BCUT2D eigenvalue weighted by Crippen LogP contribution is -2.37. The van der Waals surface area contributed by atoms with E-state index in [-0.39, 0.29) is 10.6 Å². The first-order valence-electron chi connectivity index (χ1n) is 9.46. The summed E-state index contributed by atoms with van der Waals surface area (Å²) in [5.74, 6) is -0.935. The fraction of sp³-hybridized carbons (Fsp3) is 0.850. The summed E-state index contributed by atoms with van der Waals surface area (Å²) in [5.41, 5.74) is 0.176. The SMILES string of the molecule is C=C(C)C(=O)O.CCCCCCCCCCCC(Cl)(CC)N(C)C. The Hall–Kier alpha value is -0.540. The minimum atomic E-state index is -0.935. The van der Waals surface area contributed by atoms with E-state index in [1.807, 2.05) is 0 Å². The standard InChI is InChI=1S/C16H34ClN.C4H6O2/c1-5-7-8-9-10-11-12-13-14-15-16(17,6-2)18(3)4;1-3(2)4(5)6/h5-15H2,1-4H3;1H2,2H3,(H,5,6). The van der Waals surface area contributed by atoms with Crippen molar-refractivity contribution in [2.45, 2.75) is 96.4 Å². The van der Waals surface area contributed by atoms with Crippen LogP contribution in [-0.2, 0) is 4.79 Å². The molecule has 3 nitrogen and oxygen atoms in total. The van der Waals surface area contributed by atoms with Crippen LogP contribution in [0.5, 0.6) is 0 Å². The third-order valence-corrected chi connectivity index (χ3v) is 5.17. The number of carboxylic acid groups (broad SMARTS) is 1. The number of unbranched alkanes of at least 4 members (excludes halogenated alkanes) is 8. The number of halogens is 1. The van der Waals surface area contributed by atoms with Gasteiger partial charge in [0.25, 0.3) is 0 Å². The normalized spacial score (nSPS) is 13.1. The van der Waals surface area contributed by atoms with E-state index in [0.29, 0.717) is 0 Å². The highest BCUT2D eigenvalue weighted by atomic mass is 35.5. The Labute approximate surface area is 155 Å². The van der Waals surface area contributed by atoms with Crippen molar-refractivity contribution in [2.24, 2.45) is 0 Å². The van der Waals surface area contributed by atoms with Crippen molar-refractivity contribution in [3.63, 3.8) is 0 Å². The van der Waals surface area contributed by atoms with Gasteiger partial charge in [-0.05, 0) is 33.9 Å². The summed E-state index contributed by atoms with van der Waals surface area (Å²) in [6, 6.07) is 0. The van der Waals surface area contributed by atoms with Crippen molar-refractivity contribution in [1.29, 1.82) is 0 Å². The van der Waals surface area contributed by atoms with Crippen LogP contribution >= 0.6 is 11.6 Å². The zero-order chi connectivity index (χ0) is 19.0. The van der Waals surface area contributed by atoms with Gasteiger partial charge in [0, 0.05) is 5.57 Å². The molecule has 0 rings (SSSR count). The molecule has 0 heterocycles. The maximum atomic E-state index is 9.60. The van der Waals surface area contributed by atoms with Crippen LogP contribution in [0.1, 0.15) is 91.4 Å². The molecule has 0 bridgehead atoms. The molecule has 0 spiro atoms. The van der Waals surface area contributed by atoms with E-state index < -0.39 is 5.97 Å². The Morgan fingerprint density at radius 3 is 1.67 bits per heavy atom. The minimum Gasteiger partial charge on any atom is -0.478 e. The van der Waals surface area contributed by atoms with Gasteiger partial charge in [-0.15, -0.1) is 11.6 Å². The number of hydrogen-bond donors (Lipinski definition) is 1. The Bertz CT molecular complexity index is 320. The fourth-order valence-electron chi connectivity index (χ4n) is 2.42. The molecule has 0 aromatic carbocycles. The minimum absolute atomic E-state index is 0.110. The van der Waals surface area contributed by atoms with Crippen molar-refractivity contribution < 1.29 is 9.90 Å². The summed E-state index contributed by atoms with van der Waals surface area (Å²) >= 11 is 6.58. The summed E-state index contributed by atoms with van der Waals surface area (Å²) in [7, 11) is 4.18. The Morgan fingerprint density at radius 1 is 1.00 bits per heavy atom. The molecule has 24 heavy (non-hydrogen) atoms. The number of carbonyl (C=O) groups is 1. The van der Waals surface area contributed by atoms with Crippen LogP contribution in [0.2, 0.25) is 0 Å². The maximum Gasteiger partial charge on any atom is 0.330 e. The largest absolute Gasteiger partial charge is 0.478 e. The molecule has 0 aromatic heterocycles. The molecule has 0 saturated carbocycles. The van der Waals surface area contributed by atoms with Gasteiger partial charge >= 0.3 is 5.97 Å². The number of nitrogens with zero attached hydrogens (tertiary/aromatic N) is 1. The number of rotatable bonds is 13. The van der Waals surface area contributed by atoms with Crippen LogP contribution in [0.25, 0.3) is 0 Å². The first kappa shape index (κ1) is 25.7. The number of hydrogen-bond acceptors (Lipinski definition) is 2. The lowest BCUT2D eigenvalue weighted by Gasteiger charge is -2.33. The average Bonchev–Trinajstić information content (AvgIpc) is 2.53. The predicted molar refractivity (Wildman–Crippen MR) is 107 cm³/mol. The lowest BCUT2D eigenvalue weighted by molar-refractivity contribution is -0.132. The van der Waals surface area contributed by atoms with E-state index in [1.165, 1.54) is 64.7 Å². The first-order chi connectivity index (χ1) is 11.2. The first-order valence-corrected chi connectivity index (χ1v) is 9.84. The van der Waals surface area contributed by atoms with Crippen molar-refractivity contribution >= 4 is 17.6 Å². The third-order valence-electron chi connectivity index (χ3n) is 4.37. The molecule has 1 N–H and O–H groups in total. The maximum absolute atomic E-state index is 9.60. The number of aliphatic carboxylic acids is 1. The van der Waals surface area contributed by atoms with E-state index in [1.54, 1.807) is 0 Å². The summed E-state index contributed by atoms with van der Waals surface area (Å²) in [5, 5.41) is 7.89. The Balaban J connectivity index is 0. The average molecular weight is 362 g/mol. The lowest BCUT2D eigenvalue weighted by atomic mass is 10.0. The molecule has 0 radical (unpaired) electrons. The van der Waals surface area contributed by atoms with E-state index >= 15 is 0 Å². The van der Waals surface area contributed by atoms with E-state index in [9.17, 15) is 4.79 Å². The van der Waals surface area contributed by atoms with Gasteiger partial charge in [0.1, 0.15) is 0 Å². The van der Waals surface area contributed by atoms with Crippen LogP contribution in [0.4, 0.5) is 0 Å². The Kier molecular flexibility index (Phi) is 17.1. The second-order valence-electron chi connectivity index (χ2n) is 6.83. The highest BCUT2D eigenvalue weighted by Crippen LogP contribution is 2.29. The molecular weight excluding hydrogens is 322 g/mol. The number of alkyl halides is 1. The second kappa shape index (κ2) is 16.0. The van der Waals surface area contributed by atoms with Crippen LogP contribution in [0.3, 0.4) is 0 Å². The quantitative estimate of drug-likeness (QED) is 0.177. The summed E-state index contributed by atoms with van der Waals surface area (Å²) in [4.78, 5) is 11.7. The van der Waals surface area contributed by atoms with Crippen LogP contribution in [-0.4, -0.2) is 35.1 Å². The van der Waals surface area contributed by atoms with Crippen LogP contribution < -0.4 is 0 Å². The van der Waals surface area contributed by atoms with E-state index in [2.05, 4.69) is 39.4 Å². The molecular formula is C20H40ClNO2. The van der Waals surface area contributed by atoms with Crippen molar-refractivity contribution in [3.8, 4) is 0 Å². The molecule has 0 aliphatic carbocycles. The highest BCUT2D eigenvalue weighted by molar-refractivity contribution is 6.23. The van der Waals surface area contributed by atoms with Gasteiger partial charge in [0.15, 0.2) is 0 Å². The molecule has 0 saturated heterocycles. The molecule has 144 valence electrons. The molecule has 0 fully saturated rings.